The van der Waals surface area contributed by atoms with E-state index in [1.807, 2.05) is 98.8 Å². The molecule has 0 aliphatic rings. The maximum atomic E-state index is 13.6. The topological polar surface area (TPSA) is 49.4 Å². The molecule has 0 bridgehead atoms. The molecule has 31 heavy (non-hydrogen) atoms. The molecule has 160 valence electrons. The Balaban J connectivity index is 1.94. The van der Waals surface area contributed by atoms with Crippen molar-refractivity contribution in [2.24, 2.45) is 0 Å². The zero-order chi connectivity index (χ0) is 22.1. The molecule has 0 fully saturated rings. The number of benzene rings is 3. The van der Waals surface area contributed by atoms with Crippen molar-refractivity contribution < 1.29 is 9.59 Å². The van der Waals surface area contributed by atoms with Gasteiger partial charge < -0.3 is 10.2 Å². The van der Waals surface area contributed by atoms with E-state index in [-0.39, 0.29) is 18.2 Å². The molecule has 1 N–H and O–H groups in total. The minimum Gasteiger partial charge on any atom is -0.355 e. The molecule has 0 heterocycles. The number of carbonyl (C=O) groups excluding carboxylic acids is 2. The van der Waals surface area contributed by atoms with Gasteiger partial charge in [0.2, 0.25) is 11.8 Å². The van der Waals surface area contributed by atoms with E-state index in [1.54, 1.807) is 4.90 Å². The van der Waals surface area contributed by atoms with E-state index in [9.17, 15) is 9.59 Å². The van der Waals surface area contributed by atoms with Gasteiger partial charge in [-0.3, -0.25) is 9.59 Å². The monoisotopic (exact) mass is 414 g/mol. The fourth-order valence-electron chi connectivity index (χ4n) is 3.70. The molecule has 0 saturated heterocycles. The smallest absolute Gasteiger partial charge is 0.243 e. The zero-order valence-corrected chi connectivity index (χ0v) is 18.3. The molecule has 3 rings (SSSR count). The molecule has 3 aromatic carbocycles. The normalized spacial score (nSPS) is 11.5. The zero-order valence-electron chi connectivity index (χ0n) is 18.3. The van der Waals surface area contributed by atoms with Gasteiger partial charge in [-0.05, 0) is 36.1 Å². The molecule has 0 unspecified atom stereocenters. The van der Waals surface area contributed by atoms with Crippen molar-refractivity contribution in [2.75, 3.05) is 6.54 Å². The summed E-state index contributed by atoms with van der Waals surface area (Å²) in [4.78, 5) is 28.4. The number of aryl methyl sites for hydroxylation is 1. The molecule has 0 aliphatic heterocycles. The Kier molecular flexibility index (Phi) is 7.99. The lowest BCUT2D eigenvalue weighted by molar-refractivity contribution is -0.140. The highest BCUT2D eigenvalue weighted by Gasteiger charge is 2.30. The van der Waals surface area contributed by atoms with E-state index >= 15 is 0 Å². The number of nitrogens with zero attached hydrogens (tertiary/aromatic N) is 1. The SMILES string of the molecule is CCNC(=O)[C@H](Cc1ccccc1)N(Cc1ccccc1)C(=O)Cc1ccccc1C. The molecule has 4 heteroatoms. The van der Waals surface area contributed by atoms with Gasteiger partial charge >= 0.3 is 0 Å². The summed E-state index contributed by atoms with van der Waals surface area (Å²) in [5.74, 6) is -0.175. The van der Waals surface area contributed by atoms with Gasteiger partial charge in [-0.25, -0.2) is 0 Å². The Labute approximate surface area is 184 Å². The summed E-state index contributed by atoms with van der Waals surface area (Å²) in [6, 6.07) is 27.0. The van der Waals surface area contributed by atoms with Gasteiger partial charge in [0.15, 0.2) is 0 Å². The van der Waals surface area contributed by atoms with Crippen molar-refractivity contribution in [3.8, 4) is 0 Å². The van der Waals surface area contributed by atoms with Crippen LogP contribution in [0.25, 0.3) is 0 Å². The first kappa shape index (κ1) is 22.3. The van der Waals surface area contributed by atoms with E-state index in [4.69, 9.17) is 0 Å². The average Bonchev–Trinajstić information content (AvgIpc) is 2.79. The van der Waals surface area contributed by atoms with Gasteiger partial charge in [0, 0.05) is 19.5 Å². The van der Waals surface area contributed by atoms with Crippen LogP contribution in [0.15, 0.2) is 84.9 Å². The molecular formula is C27H30N2O2. The van der Waals surface area contributed by atoms with E-state index in [2.05, 4.69) is 5.32 Å². The maximum absolute atomic E-state index is 13.6. The standard InChI is InChI=1S/C27H30N2O2/c1-3-28-27(31)25(18-22-13-6-4-7-14-22)29(20-23-15-8-5-9-16-23)26(30)19-24-17-11-10-12-21(24)2/h4-17,25H,3,18-20H2,1-2H3,(H,28,31)/t25-/m0/s1. The second-order valence-electron chi connectivity index (χ2n) is 7.71. The first-order valence-corrected chi connectivity index (χ1v) is 10.8. The summed E-state index contributed by atoms with van der Waals surface area (Å²) in [5.41, 5.74) is 4.09. The lowest BCUT2D eigenvalue weighted by Gasteiger charge is -2.31. The third-order valence-electron chi connectivity index (χ3n) is 5.42. The number of hydrogen-bond donors (Lipinski definition) is 1. The van der Waals surface area contributed by atoms with Crippen LogP contribution < -0.4 is 5.32 Å². The van der Waals surface area contributed by atoms with Crippen LogP contribution in [0.5, 0.6) is 0 Å². The Bertz CT molecular complexity index is 986. The molecule has 1 atom stereocenters. The Morgan fingerprint density at radius 3 is 2.03 bits per heavy atom. The molecular weight excluding hydrogens is 384 g/mol. The van der Waals surface area contributed by atoms with E-state index in [0.717, 1.165) is 22.3 Å². The molecule has 0 spiro atoms. The average molecular weight is 415 g/mol. The van der Waals surface area contributed by atoms with E-state index in [1.165, 1.54) is 0 Å². The predicted molar refractivity (Wildman–Crippen MR) is 124 cm³/mol. The minimum atomic E-state index is -0.584. The first-order valence-electron chi connectivity index (χ1n) is 10.8. The van der Waals surface area contributed by atoms with Gasteiger partial charge in [0.25, 0.3) is 0 Å². The summed E-state index contributed by atoms with van der Waals surface area (Å²) in [6.07, 6.45) is 0.739. The largest absolute Gasteiger partial charge is 0.355 e. The number of hydrogen-bond acceptors (Lipinski definition) is 2. The Hall–Kier alpha value is -3.40. The van der Waals surface area contributed by atoms with Gasteiger partial charge in [0.1, 0.15) is 6.04 Å². The third kappa shape index (κ3) is 6.29. The van der Waals surface area contributed by atoms with Gasteiger partial charge in [0.05, 0.1) is 6.42 Å². The summed E-state index contributed by atoms with van der Waals surface area (Å²) < 4.78 is 0. The summed E-state index contributed by atoms with van der Waals surface area (Å²) in [7, 11) is 0. The summed E-state index contributed by atoms with van der Waals surface area (Å²) >= 11 is 0. The van der Waals surface area contributed by atoms with Crippen LogP contribution in [-0.2, 0) is 29.0 Å². The van der Waals surface area contributed by atoms with Crippen molar-refractivity contribution in [1.29, 1.82) is 0 Å². The number of nitrogens with one attached hydrogen (secondary N) is 1. The van der Waals surface area contributed by atoms with E-state index in [0.29, 0.717) is 19.5 Å². The molecule has 0 aliphatic carbocycles. The number of amides is 2. The van der Waals surface area contributed by atoms with Crippen LogP contribution >= 0.6 is 0 Å². The summed E-state index contributed by atoms with van der Waals surface area (Å²) in [6.45, 7) is 4.82. The molecule has 3 aromatic rings. The fraction of sp³-hybridized carbons (Fsp3) is 0.259. The van der Waals surface area contributed by atoms with Gasteiger partial charge in [-0.1, -0.05) is 84.9 Å². The Morgan fingerprint density at radius 1 is 0.839 bits per heavy atom. The van der Waals surface area contributed by atoms with Crippen LogP contribution in [0.1, 0.15) is 29.2 Å². The third-order valence-corrected chi connectivity index (χ3v) is 5.42. The van der Waals surface area contributed by atoms with Gasteiger partial charge in [-0.15, -0.1) is 0 Å². The highest BCUT2D eigenvalue weighted by atomic mass is 16.2. The van der Waals surface area contributed by atoms with Crippen LogP contribution in [0, 0.1) is 6.92 Å². The molecule has 0 radical (unpaired) electrons. The Morgan fingerprint density at radius 2 is 1.42 bits per heavy atom. The molecule has 0 saturated carbocycles. The fourth-order valence-corrected chi connectivity index (χ4v) is 3.70. The predicted octanol–water partition coefficient (Wildman–Crippen LogP) is 4.31. The maximum Gasteiger partial charge on any atom is 0.243 e. The highest BCUT2D eigenvalue weighted by Crippen LogP contribution is 2.17. The van der Waals surface area contributed by atoms with Crippen LogP contribution in [0.3, 0.4) is 0 Å². The van der Waals surface area contributed by atoms with Gasteiger partial charge in [-0.2, -0.15) is 0 Å². The molecule has 4 nitrogen and oxygen atoms in total. The molecule has 0 aromatic heterocycles. The van der Waals surface area contributed by atoms with Crippen molar-refractivity contribution in [3.05, 3.63) is 107 Å². The summed E-state index contributed by atoms with van der Waals surface area (Å²) in [5, 5.41) is 2.93. The van der Waals surface area contributed by atoms with Crippen LogP contribution in [0.2, 0.25) is 0 Å². The van der Waals surface area contributed by atoms with Crippen molar-refractivity contribution in [3.63, 3.8) is 0 Å². The number of carbonyl (C=O) groups is 2. The lowest BCUT2D eigenvalue weighted by Crippen LogP contribution is -2.51. The highest BCUT2D eigenvalue weighted by molar-refractivity contribution is 5.88. The first-order chi connectivity index (χ1) is 15.1. The van der Waals surface area contributed by atoms with Crippen LogP contribution in [0.4, 0.5) is 0 Å². The van der Waals surface area contributed by atoms with Crippen molar-refractivity contribution in [2.45, 2.75) is 39.3 Å². The minimum absolute atomic E-state index is 0.0506. The number of likely N-dealkylation sites (N-methyl/N-ethyl adjacent to an activating group) is 1. The van der Waals surface area contributed by atoms with Crippen LogP contribution in [-0.4, -0.2) is 29.3 Å². The quantitative estimate of drug-likeness (QED) is 0.567. The van der Waals surface area contributed by atoms with Crippen molar-refractivity contribution >= 4 is 11.8 Å². The lowest BCUT2D eigenvalue weighted by atomic mass is 10.0. The second-order valence-corrected chi connectivity index (χ2v) is 7.71. The van der Waals surface area contributed by atoms with Crippen molar-refractivity contribution in [1.82, 2.24) is 10.2 Å². The second kappa shape index (κ2) is 11.1. The van der Waals surface area contributed by atoms with E-state index < -0.39 is 6.04 Å². The number of rotatable bonds is 9. The molecule has 2 amide bonds.